The van der Waals surface area contributed by atoms with E-state index < -0.39 is 0 Å². The molecule has 3 heterocycles. The number of nitrogens with two attached hydrogens (primary N) is 2. The quantitative estimate of drug-likeness (QED) is 0.348. The number of nitrogen functional groups attached to an aromatic ring is 2. The highest BCUT2D eigenvalue weighted by atomic mass is 16.1. The van der Waals surface area contributed by atoms with Gasteiger partial charge in [-0.3, -0.25) is 14.3 Å². The summed E-state index contributed by atoms with van der Waals surface area (Å²) in [5, 5.41) is 1.74. The summed E-state index contributed by atoms with van der Waals surface area (Å²) in [7, 11) is 0. The molecule has 0 atom stereocenters. The van der Waals surface area contributed by atoms with Crippen molar-refractivity contribution in [2.75, 3.05) is 11.5 Å². The Bertz CT molecular complexity index is 1490. The van der Waals surface area contributed by atoms with Crippen LogP contribution in [-0.2, 0) is 0 Å². The van der Waals surface area contributed by atoms with Gasteiger partial charge < -0.3 is 11.5 Å². The predicted octanol–water partition coefficient (Wildman–Crippen LogP) is 4.07. The summed E-state index contributed by atoms with van der Waals surface area (Å²) in [6.07, 6.45) is 3.53. The van der Waals surface area contributed by atoms with Gasteiger partial charge in [-0.15, -0.1) is 0 Å². The molecule has 0 amide bonds. The number of benzene rings is 2. The zero-order valence-electron chi connectivity index (χ0n) is 16.3. The first-order chi connectivity index (χ1) is 14.5. The fourth-order valence-corrected chi connectivity index (χ4v) is 3.69. The number of aromatic nitrogens is 3. The van der Waals surface area contributed by atoms with Gasteiger partial charge in [-0.2, -0.15) is 0 Å². The first-order valence-corrected chi connectivity index (χ1v) is 9.54. The highest BCUT2D eigenvalue weighted by Gasteiger charge is 2.12. The first-order valence-electron chi connectivity index (χ1n) is 9.54. The van der Waals surface area contributed by atoms with E-state index in [1.165, 1.54) is 0 Å². The normalized spacial score (nSPS) is 11.2. The van der Waals surface area contributed by atoms with Gasteiger partial charge >= 0.3 is 0 Å². The molecule has 5 aromatic rings. The molecule has 6 heteroatoms. The zero-order chi connectivity index (χ0) is 20.8. The maximum Gasteiger partial charge on any atom is 0.255 e. The molecule has 0 aliphatic heterocycles. The molecule has 3 aromatic heterocycles. The molecule has 0 unspecified atom stereocenters. The fraction of sp³-hybridized carbons (Fsp3) is 0.0417. The van der Waals surface area contributed by atoms with Gasteiger partial charge in [0.2, 0.25) is 0 Å². The number of rotatable bonds is 2. The van der Waals surface area contributed by atoms with E-state index >= 15 is 0 Å². The molecular weight excluding hydrogens is 374 g/mol. The molecule has 5 rings (SSSR count). The first kappa shape index (κ1) is 17.9. The van der Waals surface area contributed by atoms with Crippen molar-refractivity contribution in [2.24, 2.45) is 0 Å². The Kier molecular flexibility index (Phi) is 3.99. The number of fused-ring (bicyclic) bond motifs is 3. The second kappa shape index (κ2) is 6.70. The van der Waals surface area contributed by atoms with Crippen LogP contribution in [0.4, 0.5) is 11.5 Å². The largest absolute Gasteiger partial charge is 0.398 e. The molecule has 4 N–H and O–H groups in total. The maximum absolute atomic E-state index is 12.9. The number of hydrogen-bond acceptors (Lipinski definition) is 5. The standard InChI is InChI=1S/C24H19N5O/c1-14-2-6-18(11-20(14)25)29-23(30)9-5-17-13-27-21-7-3-15(10-19(21)24(17)29)16-4-8-22(26)28-12-16/h2-13H,25H2,1H3,(H2,26,28). The van der Waals surface area contributed by atoms with Crippen LogP contribution < -0.4 is 17.0 Å². The van der Waals surface area contributed by atoms with Gasteiger partial charge in [-0.1, -0.05) is 12.1 Å². The van der Waals surface area contributed by atoms with Gasteiger partial charge in [0.1, 0.15) is 5.82 Å². The second-order valence-electron chi connectivity index (χ2n) is 7.31. The van der Waals surface area contributed by atoms with Gasteiger partial charge in [-0.25, -0.2) is 4.98 Å². The van der Waals surface area contributed by atoms with Crippen LogP contribution in [0, 0.1) is 6.92 Å². The Hall–Kier alpha value is -4.19. The Labute approximate surface area is 172 Å². The molecule has 0 spiro atoms. The van der Waals surface area contributed by atoms with E-state index in [0.717, 1.165) is 44.2 Å². The van der Waals surface area contributed by atoms with E-state index in [9.17, 15) is 4.79 Å². The minimum Gasteiger partial charge on any atom is -0.398 e. The molecule has 0 saturated carbocycles. The molecule has 0 radical (unpaired) electrons. The summed E-state index contributed by atoms with van der Waals surface area (Å²) in [5.74, 6) is 0.470. The fourth-order valence-electron chi connectivity index (χ4n) is 3.69. The molecule has 30 heavy (non-hydrogen) atoms. The molecule has 2 aromatic carbocycles. The smallest absolute Gasteiger partial charge is 0.255 e. The van der Waals surface area contributed by atoms with Gasteiger partial charge in [0.25, 0.3) is 5.56 Å². The molecule has 0 saturated heterocycles. The van der Waals surface area contributed by atoms with Crippen molar-refractivity contribution >= 4 is 33.3 Å². The van der Waals surface area contributed by atoms with Crippen LogP contribution in [0.25, 0.3) is 38.6 Å². The Morgan fingerprint density at radius 3 is 2.43 bits per heavy atom. The van der Waals surface area contributed by atoms with Crippen LogP contribution >= 0.6 is 0 Å². The maximum atomic E-state index is 12.9. The van der Waals surface area contributed by atoms with Gasteiger partial charge in [0.15, 0.2) is 0 Å². The summed E-state index contributed by atoms with van der Waals surface area (Å²) in [6, 6.07) is 18.7. The Balaban J connectivity index is 1.86. The Morgan fingerprint density at radius 2 is 1.67 bits per heavy atom. The van der Waals surface area contributed by atoms with Crippen molar-refractivity contribution in [3.05, 3.63) is 89.0 Å². The van der Waals surface area contributed by atoms with Crippen molar-refractivity contribution in [3.8, 4) is 16.8 Å². The molecule has 146 valence electrons. The highest BCUT2D eigenvalue weighted by molar-refractivity contribution is 6.05. The van der Waals surface area contributed by atoms with Crippen LogP contribution in [0.5, 0.6) is 0 Å². The van der Waals surface area contributed by atoms with E-state index in [2.05, 4.69) is 9.97 Å². The Morgan fingerprint density at radius 1 is 0.833 bits per heavy atom. The van der Waals surface area contributed by atoms with E-state index in [0.29, 0.717) is 11.5 Å². The third-order valence-electron chi connectivity index (χ3n) is 5.36. The molecular formula is C24H19N5O. The summed E-state index contributed by atoms with van der Waals surface area (Å²) >= 11 is 0. The van der Waals surface area contributed by atoms with E-state index in [1.54, 1.807) is 35.2 Å². The molecule has 0 aliphatic carbocycles. The van der Waals surface area contributed by atoms with Crippen LogP contribution in [0.1, 0.15) is 5.56 Å². The predicted molar refractivity (Wildman–Crippen MR) is 122 cm³/mol. The minimum atomic E-state index is -0.127. The van der Waals surface area contributed by atoms with Crippen LogP contribution in [0.2, 0.25) is 0 Å². The number of nitrogens with zero attached hydrogens (tertiary/aromatic N) is 3. The minimum absolute atomic E-state index is 0.127. The van der Waals surface area contributed by atoms with E-state index in [1.807, 2.05) is 49.4 Å². The van der Waals surface area contributed by atoms with Crippen molar-refractivity contribution in [2.45, 2.75) is 6.92 Å². The van der Waals surface area contributed by atoms with Crippen molar-refractivity contribution in [1.82, 2.24) is 14.5 Å². The molecule has 0 bridgehead atoms. The average molecular weight is 393 g/mol. The number of pyridine rings is 3. The van der Waals surface area contributed by atoms with Crippen molar-refractivity contribution in [1.29, 1.82) is 0 Å². The van der Waals surface area contributed by atoms with Crippen molar-refractivity contribution in [3.63, 3.8) is 0 Å². The molecule has 0 fully saturated rings. The van der Waals surface area contributed by atoms with Gasteiger partial charge in [0.05, 0.1) is 16.7 Å². The van der Waals surface area contributed by atoms with Crippen molar-refractivity contribution < 1.29 is 0 Å². The molecule has 6 nitrogen and oxygen atoms in total. The lowest BCUT2D eigenvalue weighted by atomic mass is 10.0. The third kappa shape index (κ3) is 2.86. The summed E-state index contributed by atoms with van der Waals surface area (Å²) in [6.45, 7) is 1.94. The SMILES string of the molecule is Cc1ccc(-n2c(=O)ccc3cnc4ccc(-c5ccc(N)nc5)cc4c32)cc1N. The van der Waals surface area contributed by atoms with Crippen LogP contribution in [-0.4, -0.2) is 14.5 Å². The number of hydrogen-bond donors (Lipinski definition) is 2. The summed E-state index contributed by atoms with van der Waals surface area (Å²) < 4.78 is 1.69. The van der Waals surface area contributed by atoms with Crippen LogP contribution in [0.15, 0.2) is 77.9 Å². The zero-order valence-corrected chi connectivity index (χ0v) is 16.3. The topological polar surface area (TPSA) is 99.8 Å². The number of aryl methyl sites for hydroxylation is 1. The van der Waals surface area contributed by atoms with Gasteiger partial charge in [-0.05, 0) is 60.5 Å². The monoisotopic (exact) mass is 393 g/mol. The third-order valence-corrected chi connectivity index (χ3v) is 5.36. The highest BCUT2D eigenvalue weighted by Crippen LogP contribution is 2.30. The second-order valence-corrected chi connectivity index (χ2v) is 7.31. The van der Waals surface area contributed by atoms with E-state index in [4.69, 9.17) is 11.5 Å². The summed E-state index contributed by atoms with van der Waals surface area (Å²) in [4.78, 5) is 21.7. The van der Waals surface area contributed by atoms with Crippen LogP contribution in [0.3, 0.4) is 0 Å². The lowest BCUT2D eigenvalue weighted by Crippen LogP contribution is -2.18. The lowest BCUT2D eigenvalue weighted by molar-refractivity contribution is 1.05. The van der Waals surface area contributed by atoms with E-state index in [-0.39, 0.29) is 5.56 Å². The number of anilines is 2. The van der Waals surface area contributed by atoms with Gasteiger partial charge in [0, 0.05) is 40.5 Å². The average Bonchev–Trinajstić information content (AvgIpc) is 2.76. The molecule has 0 aliphatic rings. The lowest BCUT2D eigenvalue weighted by Gasteiger charge is -2.14. The summed E-state index contributed by atoms with van der Waals surface area (Å²) in [5.41, 5.74) is 17.6.